The van der Waals surface area contributed by atoms with Crippen molar-refractivity contribution in [3.8, 4) is 5.75 Å². The highest BCUT2D eigenvalue weighted by atomic mass is 16.5. The number of carbonyl (C=O) groups is 1. The van der Waals surface area contributed by atoms with Crippen LogP contribution in [0.2, 0.25) is 0 Å². The molecule has 22 heavy (non-hydrogen) atoms. The summed E-state index contributed by atoms with van der Waals surface area (Å²) in [6.07, 6.45) is 2.26. The lowest BCUT2D eigenvalue weighted by molar-refractivity contribution is -0.117. The van der Waals surface area contributed by atoms with Gasteiger partial charge in [0, 0.05) is 12.6 Å². The maximum Gasteiger partial charge on any atom is 0.238 e. The zero-order chi connectivity index (χ0) is 16.1. The number of likely N-dealkylation sites (tertiary alicyclic amines) is 1. The number of aryl methyl sites for hydroxylation is 1. The van der Waals surface area contributed by atoms with Gasteiger partial charge in [0.15, 0.2) is 0 Å². The number of benzene rings is 1. The minimum atomic E-state index is -0.00535. The summed E-state index contributed by atoms with van der Waals surface area (Å²) in [5, 5.41) is 2.96. The Labute approximate surface area is 132 Å². The van der Waals surface area contributed by atoms with Crippen LogP contribution in [-0.2, 0) is 4.79 Å². The van der Waals surface area contributed by atoms with Gasteiger partial charge in [-0.1, -0.05) is 6.07 Å². The van der Waals surface area contributed by atoms with Gasteiger partial charge in [0.1, 0.15) is 5.75 Å². The molecule has 1 aromatic rings. The molecule has 5 heteroatoms. The van der Waals surface area contributed by atoms with E-state index in [-0.39, 0.29) is 11.9 Å². The molecule has 1 fully saturated rings. The van der Waals surface area contributed by atoms with Gasteiger partial charge in [-0.2, -0.15) is 0 Å². The Morgan fingerprint density at radius 2 is 2.32 bits per heavy atom. The number of anilines is 1. The molecule has 0 aliphatic carbocycles. The van der Waals surface area contributed by atoms with E-state index in [9.17, 15) is 4.79 Å². The summed E-state index contributed by atoms with van der Waals surface area (Å²) >= 11 is 0. The predicted octanol–water partition coefficient (Wildman–Crippen LogP) is 2.00. The highest BCUT2D eigenvalue weighted by Crippen LogP contribution is 2.25. The number of hydrogen-bond donors (Lipinski definition) is 2. The number of piperidine rings is 1. The topological polar surface area (TPSA) is 67.6 Å². The van der Waals surface area contributed by atoms with Gasteiger partial charge in [0.25, 0.3) is 0 Å². The summed E-state index contributed by atoms with van der Waals surface area (Å²) in [7, 11) is 1.61. The van der Waals surface area contributed by atoms with Crippen molar-refractivity contribution in [2.24, 2.45) is 11.7 Å². The van der Waals surface area contributed by atoms with Gasteiger partial charge in [-0.25, -0.2) is 0 Å². The van der Waals surface area contributed by atoms with E-state index in [0.717, 1.165) is 37.2 Å². The lowest BCUT2D eigenvalue weighted by atomic mass is 9.92. The van der Waals surface area contributed by atoms with E-state index >= 15 is 0 Å². The molecule has 122 valence electrons. The highest BCUT2D eigenvalue weighted by molar-refractivity contribution is 5.93. The summed E-state index contributed by atoms with van der Waals surface area (Å²) < 4.78 is 5.29. The number of methoxy groups -OCH3 is 1. The fraction of sp³-hybridized carbons (Fsp3) is 0.588. The van der Waals surface area contributed by atoms with Crippen LogP contribution >= 0.6 is 0 Å². The number of carbonyl (C=O) groups excluding carboxylic acids is 1. The van der Waals surface area contributed by atoms with Gasteiger partial charge < -0.3 is 15.8 Å². The predicted molar refractivity (Wildman–Crippen MR) is 89.2 cm³/mol. The van der Waals surface area contributed by atoms with Crippen LogP contribution in [0.4, 0.5) is 5.69 Å². The standard InChI is InChI=1S/C17H27N3O2/c1-12-6-7-16(22-3)15(9-12)19-17(21)11-20-8-4-5-14(10-20)13(2)18/h6-7,9,13-14H,4-5,8,10-11,18H2,1-3H3,(H,19,21). The molecule has 5 nitrogen and oxygen atoms in total. The fourth-order valence-corrected chi connectivity index (χ4v) is 2.98. The molecular formula is C17H27N3O2. The van der Waals surface area contributed by atoms with Crippen molar-refractivity contribution in [1.29, 1.82) is 0 Å². The van der Waals surface area contributed by atoms with Gasteiger partial charge >= 0.3 is 0 Å². The van der Waals surface area contributed by atoms with Crippen LogP contribution in [0.1, 0.15) is 25.3 Å². The number of ether oxygens (including phenoxy) is 1. The summed E-state index contributed by atoms with van der Waals surface area (Å²) in [5.41, 5.74) is 7.81. The van der Waals surface area contributed by atoms with Crippen LogP contribution in [0, 0.1) is 12.8 Å². The number of amides is 1. The van der Waals surface area contributed by atoms with Gasteiger partial charge in [-0.05, 0) is 56.8 Å². The smallest absolute Gasteiger partial charge is 0.238 e. The Kier molecular flexibility index (Phi) is 5.80. The molecule has 1 heterocycles. The average Bonchev–Trinajstić information content (AvgIpc) is 2.47. The number of nitrogens with zero attached hydrogens (tertiary/aromatic N) is 1. The molecule has 3 N–H and O–H groups in total. The van der Waals surface area contributed by atoms with E-state index < -0.39 is 0 Å². The van der Waals surface area contributed by atoms with Gasteiger partial charge in [-0.15, -0.1) is 0 Å². The monoisotopic (exact) mass is 305 g/mol. The normalized spacial score (nSPS) is 20.5. The lowest BCUT2D eigenvalue weighted by Crippen LogP contribution is -2.45. The van der Waals surface area contributed by atoms with E-state index in [4.69, 9.17) is 10.5 Å². The van der Waals surface area contributed by atoms with Crippen LogP contribution in [0.15, 0.2) is 18.2 Å². The number of nitrogens with two attached hydrogens (primary N) is 1. The Morgan fingerprint density at radius 3 is 3.00 bits per heavy atom. The molecular weight excluding hydrogens is 278 g/mol. The van der Waals surface area contributed by atoms with Crippen molar-refractivity contribution in [3.63, 3.8) is 0 Å². The molecule has 0 spiro atoms. The van der Waals surface area contributed by atoms with Crippen molar-refractivity contribution >= 4 is 11.6 Å². The fourth-order valence-electron chi connectivity index (χ4n) is 2.98. The van der Waals surface area contributed by atoms with Crippen molar-refractivity contribution in [1.82, 2.24) is 4.90 Å². The molecule has 2 unspecified atom stereocenters. The zero-order valence-electron chi connectivity index (χ0n) is 13.8. The third kappa shape index (κ3) is 4.45. The second kappa shape index (κ2) is 7.61. The van der Waals surface area contributed by atoms with E-state index in [1.165, 1.54) is 0 Å². The van der Waals surface area contributed by atoms with Gasteiger partial charge in [0.2, 0.25) is 5.91 Å². The molecule has 1 aliphatic rings. The Morgan fingerprint density at radius 1 is 1.55 bits per heavy atom. The highest BCUT2D eigenvalue weighted by Gasteiger charge is 2.24. The van der Waals surface area contributed by atoms with Crippen molar-refractivity contribution in [3.05, 3.63) is 23.8 Å². The molecule has 0 aromatic heterocycles. The minimum absolute atomic E-state index is 0.00535. The van der Waals surface area contributed by atoms with Gasteiger partial charge in [0.05, 0.1) is 19.3 Å². The first-order chi connectivity index (χ1) is 10.5. The maximum absolute atomic E-state index is 12.3. The summed E-state index contributed by atoms with van der Waals surface area (Å²) in [4.78, 5) is 14.5. The van der Waals surface area contributed by atoms with Crippen LogP contribution in [0.25, 0.3) is 0 Å². The average molecular weight is 305 g/mol. The largest absolute Gasteiger partial charge is 0.495 e. The van der Waals surface area contributed by atoms with E-state index in [2.05, 4.69) is 10.2 Å². The Balaban J connectivity index is 1.94. The van der Waals surface area contributed by atoms with Crippen LogP contribution in [0.5, 0.6) is 5.75 Å². The summed E-state index contributed by atoms with van der Waals surface area (Å²) in [6.45, 7) is 6.30. The van der Waals surface area contributed by atoms with Crippen molar-refractivity contribution in [2.75, 3.05) is 32.1 Å². The van der Waals surface area contributed by atoms with Crippen LogP contribution < -0.4 is 15.8 Å². The third-order valence-corrected chi connectivity index (χ3v) is 4.28. The summed E-state index contributed by atoms with van der Waals surface area (Å²) in [6, 6.07) is 5.95. The second-order valence-corrected chi connectivity index (χ2v) is 6.25. The first-order valence-electron chi connectivity index (χ1n) is 7.92. The van der Waals surface area contributed by atoms with E-state index in [1.54, 1.807) is 7.11 Å². The van der Waals surface area contributed by atoms with Crippen LogP contribution in [0.3, 0.4) is 0 Å². The number of rotatable bonds is 5. The second-order valence-electron chi connectivity index (χ2n) is 6.25. The van der Waals surface area contributed by atoms with Crippen molar-refractivity contribution < 1.29 is 9.53 Å². The number of hydrogen-bond acceptors (Lipinski definition) is 4. The van der Waals surface area contributed by atoms with E-state index in [1.807, 2.05) is 32.0 Å². The first-order valence-corrected chi connectivity index (χ1v) is 7.92. The third-order valence-electron chi connectivity index (χ3n) is 4.28. The lowest BCUT2D eigenvalue weighted by Gasteiger charge is -2.34. The SMILES string of the molecule is COc1ccc(C)cc1NC(=O)CN1CCCC(C(C)N)C1. The number of nitrogens with one attached hydrogen (secondary N) is 1. The summed E-state index contributed by atoms with van der Waals surface area (Å²) in [5.74, 6) is 1.16. The minimum Gasteiger partial charge on any atom is -0.495 e. The molecule has 2 atom stereocenters. The molecule has 2 rings (SSSR count). The molecule has 0 bridgehead atoms. The molecule has 0 radical (unpaired) electrons. The van der Waals surface area contributed by atoms with Gasteiger partial charge in [-0.3, -0.25) is 9.69 Å². The Bertz CT molecular complexity index is 517. The molecule has 1 saturated heterocycles. The first kappa shape index (κ1) is 16.8. The van der Waals surface area contributed by atoms with Crippen LogP contribution in [-0.4, -0.2) is 43.6 Å². The molecule has 1 amide bonds. The Hall–Kier alpha value is -1.59. The quantitative estimate of drug-likeness (QED) is 0.873. The van der Waals surface area contributed by atoms with E-state index in [0.29, 0.717) is 18.2 Å². The molecule has 1 aliphatic heterocycles. The molecule has 1 aromatic carbocycles. The molecule has 0 saturated carbocycles. The zero-order valence-corrected chi connectivity index (χ0v) is 13.8. The maximum atomic E-state index is 12.3. The van der Waals surface area contributed by atoms with Crippen molar-refractivity contribution in [2.45, 2.75) is 32.7 Å².